The molecule has 1 fully saturated rings. The van der Waals surface area contributed by atoms with Crippen molar-refractivity contribution in [2.45, 2.75) is 58.8 Å². The maximum absolute atomic E-state index is 12.7. The molecule has 0 bridgehead atoms. The molecule has 2 aromatic heterocycles. The van der Waals surface area contributed by atoms with E-state index < -0.39 is 0 Å². The zero-order valence-corrected chi connectivity index (χ0v) is 16.7. The number of piperidine rings is 1. The van der Waals surface area contributed by atoms with E-state index in [-0.39, 0.29) is 17.4 Å². The van der Waals surface area contributed by atoms with Gasteiger partial charge in [0.2, 0.25) is 5.82 Å². The molecule has 4 heterocycles. The molecule has 2 aromatic rings. The van der Waals surface area contributed by atoms with Gasteiger partial charge in [-0.05, 0) is 45.3 Å². The lowest BCUT2D eigenvalue weighted by Gasteiger charge is -2.41. The second kappa shape index (κ2) is 8.05. The van der Waals surface area contributed by atoms with Crippen molar-refractivity contribution in [3.05, 3.63) is 35.8 Å². The average molecular weight is 387 g/mol. The van der Waals surface area contributed by atoms with Crippen molar-refractivity contribution in [3.8, 4) is 0 Å². The third kappa shape index (κ3) is 3.98. The number of furan rings is 1. The SMILES string of the molecule is CC[C@@H](C)NC(=O)c1nnc2n1CC1(CCN(Cc3ccoc3)CC1)COC2. The molecule has 2 aliphatic heterocycles. The molecule has 1 saturated heterocycles. The number of carbonyl (C=O) groups excluding carboxylic acids is 1. The summed E-state index contributed by atoms with van der Waals surface area (Å²) < 4.78 is 13.1. The van der Waals surface area contributed by atoms with Gasteiger partial charge in [0.1, 0.15) is 6.61 Å². The molecule has 1 atom stereocenters. The number of fused-ring (bicyclic) bond motifs is 1. The molecule has 8 heteroatoms. The predicted molar refractivity (Wildman–Crippen MR) is 103 cm³/mol. The van der Waals surface area contributed by atoms with Crippen molar-refractivity contribution in [2.75, 3.05) is 19.7 Å². The summed E-state index contributed by atoms with van der Waals surface area (Å²) in [6, 6.07) is 2.13. The summed E-state index contributed by atoms with van der Waals surface area (Å²) in [6.45, 7) is 8.80. The van der Waals surface area contributed by atoms with Gasteiger partial charge in [-0.25, -0.2) is 0 Å². The molecule has 2 aliphatic rings. The average Bonchev–Trinajstić information content (AvgIpc) is 3.30. The van der Waals surface area contributed by atoms with Gasteiger partial charge >= 0.3 is 0 Å². The molecular weight excluding hydrogens is 358 g/mol. The van der Waals surface area contributed by atoms with Crippen molar-refractivity contribution in [1.29, 1.82) is 0 Å². The highest BCUT2D eigenvalue weighted by atomic mass is 16.5. The summed E-state index contributed by atoms with van der Waals surface area (Å²) in [5.74, 6) is 0.996. The number of nitrogens with one attached hydrogen (secondary N) is 1. The van der Waals surface area contributed by atoms with Crippen LogP contribution in [0.25, 0.3) is 0 Å². The fraction of sp³-hybridized carbons (Fsp3) is 0.650. The van der Waals surface area contributed by atoms with E-state index in [1.54, 1.807) is 6.26 Å². The van der Waals surface area contributed by atoms with E-state index in [0.29, 0.717) is 19.0 Å². The normalized spacial score (nSPS) is 20.5. The fourth-order valence-corrected chi connectivity index (χ4v) is 4.04. The van der Waals surface area contributed by atoms with E-state index in [4.69, 9.17) is 9.15 Å². The first-order chi connectivity index (χ1) is 13.6. The molecule has 0 saturated carbocycles. The van der Waals surface area contributed by atoms with E-state index in [9.17, 15) is 4.79 Å². The van der Waals surface area contributed by atoms with Crippen LogP contribution in [0.1, 0.15) is 55.1 Å². The number of amides is 1. The number of carbonyl (C=O) groups is 1. The molecule has 4 rings (SSSR count). The van der Waals surface area contributed by atoms with Crippen molar-refractivity contribution in [3.63, 3.8) is 0 Å². The van der Waals surface area contributed by atoms with Crippen molar-refractivity contribution >= 4 is 5.91 Å². The van der Waals surface area contributed by atoms with Crippen molar-refractivity contribution in [2.24, 2.45) is 5.41 Å². The van der Waals surface area contributed by atoms with Crippen LogP contribution in [0, 0.1) is 5.41 Å². The van der Waals surface area contributed by atoms with Gasteiger partial charge in [-0.15, -0.1) is 10.2 Å². The summed E-state index contributed by atoms with van der Waals surface area (Å²) in [6.07, 6.45) is 6.46. The molecule has 1 amide bonds. The van der Waals surface area contributed by atoms with Crippen molar-refractivity contribution < 1.29 is 13.9 Å². The quantitative estimate of drug-likeness (QED) is 0.847. The molecule has 1 N–H and O–H groups in total. The molecule has 0 aliphatic carbocycles. The van der Waals surface area contributed by atoms with E-state index in [2.05, 4.69) is 27.3 Å². The highest BCUT2D eigenvalue weighted by molar-refractivity contribution is 5.90. The van der Waals surface area contributed by atoms with E-state index in [0.717, 1.165) is 51.3 Å². The monoisotopic (exact) mass is 387 g/mol. The number of rotatable bonds is 5. The first-order valence-electron chi connectivity index (χ1n) is 10.1. The minimum Gasteiger partial charge on any atom is -0.472 e. The Labute approximate surface area is 165 Å². The lowest BCUT2D eigenvalue weighted by molar-refractivity contribution is -0.00572. The minimum atomic E-state index is -0.150. The number of ether oxygens (including phenoxy) is 1. The summed E-state index contributed by atoms with van der Waals surface area (Å²) in [4.78, 5) is 15.1. The third-order valence-electron chi connectivity index (χ3n) is 6.06. The summed E-state index contributed by atoms with van der Waals surface area (Å²) in [5.41, 5.74) is 1.23. The zero-order chi connectivity index (χ0) is 19.6. The number of hydrogen-bond donors (Lipinski definition) is 1. The number of likely N-dealkylation sites (tertiary alicyclic amines) is 1. The number of nitrogens with zero attached hydrogens (tertiary/aromatic N) is 4. The molecule has 28 heavy (non-hydrogen) atoms. The second-order valence-electron chi connectivity index (χ2n) is 8.21. The third-order valence-corrected chi connectivity index (χ3v) is 6.06. The highest BCUT2D eigenvalue weighted by Gasteiger charge is 2.39. The van der Waals surface area contributed by atoms with Crippen LogP contribution in [-0.4, -0.2) is 51.3 Å². The van der Waals surface area contributed by atoms with Crippen LogP contribution in [-0.2, 0) is 24.4 Å². The Morgan fingerprint density at radius 3 is 2.89 bits per heavy atom. The van der Waals surface area contributed by atoms with Gasteiger partial charge in [0.25, 0.3) is 5.91 Å². The predicted octanol–water partition coefficient (Wildman–Crippen LogP) is 2.21. The van der Waals surface area contributed by atoms with Crippen LogP contribution in [0.5, 0.6) is 0 Å². The van der Waals surface area contributed by atoms with Crippen molar-refractivity contribution in [1.82, 2.24) is 25.0 Å². The minimum absolute atomic E-state index is 0.0198. The van der Waals surface area contributed by atoms with Crippen LogP contribution >= 0.6 is 0 Å². The van der Waals surface area contributed by atoms with Crippen LogP contribution in [0.15, 0.2) is 23.0 Å². The first kappa shape index (κ1) is 19.1. The Kier molecular flexibility index (Phi) is 5.50. The van der Waals surface area contributed by atoms with Crippen LogP contribution in [0.4, 0.5) is 0 Å². The van der Waals surface area contributed by atoms with Gasteiger partial charge in [0.05, 0.1) is 19.1 Å². The van der Waals surface area contributed by atoms with Crippen LogP contribution < -0.4 is 5.32 Å². The van der Waals surface area contributed by atoms with Gasteiger partial charge in [0, 0.05) is 30.1 Å². The maximum atomic E-state index is 12.7. The Bertz CT molecular complexity index is 793. The number of hydrogen-bond acceptors (Lipinski definition) is 6. The summed E-state index contributed by atoms with van der Waals surface area (Å²) in [7, 11) is 0. The first-order valence-corrected chi connectivity index (χ1v) is 10.1. The number of aromatic nitrogens is 3. The van der Waals surface area contributed by atoms with Gasteiger partial charge in [-0.2, -0.15) is 0 Å². The molecule has 0 radical (unpaired) electrons. The molecule has 8 nitrogen and oxygen atoms in total. The van der Waals surface area contributed by atoms with E-state index >= 15 is 0 Å². The lowest BCUT2D eigenvalue weighted by atomic mass is 9.78. The van der Waals surface area contributed by atoms with Crippen LogP contribution in [0.2, 0.25) is 0 Å². The Hall–Kier alpha value is -2.19. The molecule has 1 spiro atoms. The van der Waals surface area contributed by atoms with Gasteiger partial charge < -0.3 is 19.0 Å². The highest BCUT2D eigenvalue weighted by Crippen LogP contribution is 2.36. The smallest absolute Gasteiger partial charge is 0.289 e. The van der Waals surface area contributed by atoms with Gasteiger partial charge in [0.15, 0.2) is 5.82 Å². The summed E-state index contributed by atoms with van der Waals surface area (Å²) in [5, 5.41) is 11.4. The Balaban J connectivity index is 1.46. The van der Waals surface area contributed by atoms with Gasteiger partial charge in [-0.1, -0.05) is 6.92 Å². The van der Waals surface area contributed by atoms with E-state index in [1.165, 1.54) is 5.56 Å². The van der Waals surface area contributed by atoms with Gasteiger partial charge in [-0.3, -0.25) is 9.69 Å². The Morgan fingerprint density at radius 2 is 2.18 bits per heavy atom. The largest absolute Gasteiger partial charge is 0.472 e. The fourth-order valence-electron chi connectivity index (χ4n) is 4.04. The second-order valence-corrected chi connectivity index (χ2v) is 8.21. The summed E-state index contributed by atoms with van der Waals surface area (Å²) >= 11 is 0. The lowest BCUT2D eigenvalue weighted by Crippen LogP contribution is -2.44. The molecule has 0 aromatic carbocycles. The zero-order valence-electron chi connectivity index (χ0n) is 16.7. The van der Waals surface area contributed by atoms with Crippen LogP contribution in [0.3, 0.4) is 0 Å². The molecular formula is C20H29N5O3. The molecule has 0 unspecified atom stereocenters. The van der Waals surface area contributed by atoms with E-state index in [1.807, 2.05) is 23.8 Å². The topological polar surface area (TPSA) is 85.4 Å². The Morgan fingerprint density at radius 1 is 1.36 bits per heavy atom. The maximum Gasteiger partial charge on any atom is 0.289 e. The molecule has 152 valence electrons. The standard InChI is InChI=1S/C20H29N5O3/c1-3-15(2)21-19(26)18-23-22-17-12-28-14-20(13-25(17)18)5-7-24(8-6-20)10-16-4-9-27-11-16/h4,9,11,15H,3,5-8,10,12-14H2,1-2H3,(H,21,26)/t15-/m1/s1.